The molecule has 1 aromatic heterocycles. The highest BCUT2D eigenvalue weighted by Gasteiger charge is 2.19. The van der Waals surface area contributed by atoms with E-state index >= 15 is 0 Å². The molecule has 2 rings (SSSR count). The first-order chi connectivity index (χ1) is 16.2. The van der Waals surface area contributed by atoms with Crippen LogP contribution < -0.4 is 19.5 Å². The third kappa shape index (κ3) is 9.02. The predicted octanol–water partition coefficient (Wildman–Crippen LogP) is 2.16. The fourth-order valence-corrected chi connectivity index (χ4v) is 2.70. The summed E-state index contributed by atoms with van der Waals surface area (Å²) in [6.45, 7) is 0.763. The van der Waals surface area contributed by atoms with Gasteiger partial charge in [-0.2, -0.15) is 0 Å². The minimum Gasteiger partial charge on any atom is -0.493 e. The minimum absolute atomic E-state index is 0.109. The first kappa shape index (κ1) is 27.7. The van der Waals surface area contributed by atoms with Crippen LogP contribution in [0.15, 0.2) is 24.5 Å². The molecule has 0 aliphatic carbocycles. The molecule has 34 heavy (non-hydrogen) atoms. The first-order valence-corrected chi connectivity index (χ1v) is 9.83. The summed E-state index contributed by atoms with van der Waals surface area (Å²) in [6, 6.07) is 1.80. The van der Waals surface area contributed by atoms with E-state index in [2.05, 4.69) is 20.1 Å². The normalized spacial score (nSPS) is 10.2. The molecule has 0 amide bonds. The summed E-state index contributed by atoms with van der Waals surface area (Å²) in [5.41, 5.74) is 0.613. The Bertz CT molecular complexity index is 997. The summed E-state index contributed by atoms with van der Waals surface area (Å²) in [5.74, 6) is -0.399. The van der Waals surface area contributed by atoms with E-state index in [9.17, 15) is 19.7 Å². The molecule has 0 aliphatic heterocycles. The van der Waals surface area contributed by atoms with Crippen LogP contribution in [0.25, 0.3) is 10.9 Å². The fourth-order valence-electron chi connectivity index (χ4n) is 2.70. The van der Waals surface area contributed by atoms with Crippen molar-refractivity contribution >= 4 is 28.7 Å². The summed E-state index contributed by atoms with van der Waals surface area (Å²) in [4.78, 5) is 42.0. The Labute approximate surface area is 194 Å². The van der Waals surface area contributed by atoms with Crippen molar-refractivity contribution in [1.82, 2.24) is 9.97 Å². The van der Waals surface area contributed by atoms with Gasteiger partial charge in [0.2, 0.25) is 5.75 Å². The lowest BCUT2D eigenvalue weighted by atomic mass is 10.1. The minimum atomic E-state index is -1.26. The van der Waals surface area contributed by atoms with E-state index in [-0.39, 0.29) is 6.61 Å². The lowest BCUT2D eigenvalue weighted by Crippen LogP contribution is -2.07. The van der Waals surface area contributed by atoms with Crippen LogP contribution in [0.5, 0.6) is 17.2 Å². The Morgan fingerprint density at radius 3 is 2.21 bits per heavy atom. The van der Waals surface area contributed by atoms with E-state index in [0.29, 0.717) is 53.7 Å². The number of ether oxygens (including phenoxy) is 3. The van der Waals surface area contributed by atoms with E-state index in [1.807, 2.05) is 0 Å². The van der Waals surface area contributed by atoms with Gasteiger partial charge in [0.15, 0.2) is 11.5 Å². The molecular weight excluding hydrogens is 456 g/mol. The summed E-state index contributed by atoms with van der Waals surface area (Å²) < 4.78 is 16.2. The first-order valence-electron chi connectivity index (χ1n) is 9.83. The Morgan fingerprint density at radius 1 is 1.03 bits per heavy atom. The number of hydrogen-bond acceptors (Lipinski definition) is 11. The number of fused-ring (bicyclic) bond motifs is 1. The second-order valence-electron chi connectivity index (χ2n) is 6.32. The van der Waals surface area contributed by atoms with Crippen LogP contribution in [0, 0.1) is 10.1 Å². The number of nitrogens with one attached hydrogen (secondary N) is 1. The quantitative estimate of drug-likeness (QED) is 0.163. The van der Waals surface area contributed by atoms with E-state index in [4.69, 9.17) is 24.4 Å². The third-order valence-electron chi connectivity index (χ3n) is 4.11. The number of carboxylic acids is 2. The fraction of sp³-hybridized carbons (Fsp3) is 0.400. The smallest absolute Gasteiger partial charge is 0.328 e. The van der Waals surface area contributed by atoms with Crippen molar-refractivity contribution in [2.75, 3.05) is 39.8 Å². The monoisotopic (exact) mass is 482 g/mol. The van der Waals surface area contributed by atoms with Gasteiger partial charge in [-0.05, 0) is 25.3 Å². The second kappa shape index (κ2) is 14.7. The average molecular weight is 482 g/mol. The molecule has 2 aromatic rings. The molecule has 3 N–H and O–H groups in total. The van der Waals surface area contributed by atoms with E-state index in [1.54, 1.807) is 20.3 Å². The maximum Gasteiger partial charge on any atom is 0.328 e. The molecule has 186 valence electrons. The highest BCUT2D eigenvalue weighted by Crippen LogP contribution is 2.43. The Kier molecular flexibility index (Phi) is 11.9. The summed E-state index contributed by atoms with van der Waals surface area (Å²) in [7, 11) is 4.63. The molecule has 0 radical (unpaired) electrons. The largest absolute Gasteiger partial charge is 0.493 e. The Morgan fingerprint density at radius 2 is 1.68 bits per heavy atom. The van der Waals surface area contributed by atoms with Crippen LogP contribution in [-0.2, 0) is 14.4 Å². The van der Waals surface area contributed by atoms with E-state index in [0.717, 1.165) is 18.2 Å². The van der Waals surface area contributed by atoms with Crippen molar-refractivity contribution in [1.29, 1.82) is 0 Å². The molecular formula is C20H26N4O10. The maximum atomic E-state index is 10.1. The molecule has 0 spiro atoms. The van der Waals surface area contributed by atoms with Crippen molar-refractivity contribution in [3.05, 3.63) is 34.7 Å². The van der Waals surface area contributed by atoms with Gasteiger partial charge in [0.05, 0.1) is 33.3 Å². The lowest BCUT2D eigenvalue weighted by molar-refractivity contribution is -0.757. The van der Waals surface area contributed by atoms with Gasteiger partial charge in [0.25, 0.3) is 5.09 Å². The average Bonchev–Trinajstić information content (AvgIpc) is 2.81. The zero-order chi connectivity index (χ0) is 25.5. The van der Waals surface area contributed by atoms with Crippen molar-refractivity contribution < 1.29 is 43.9 Å². The molecule has 14 heteroatoms. The van der Waals surface area contributed by atoms with Gasteiger partial charge in [0, 0.05) is 18.7 Å². The van der Waals surface area contributed by atoms with Gasteiger partial charge in [-0.3, -0.25) is 0 Å². The number of hydrogen-bond donors (Lipinski definition) is 3. The standard InChI is InChI=1S/C16H22N4O6.C4H4O4/c1-23-12-9-11-13(15(25-3)14(12)24-2)18-10-19-16(11)17-7-5-4-6-8-26-20(21)22;5-3(6)1-2-4(7)8/h9-10H,4-8H2,1-3H3,(H,17,18,19);1-2H,(H,5,6)(H,7,8). The number of benzene rings is 1. The molecule has 0 atom stereocenters. The van der Waals surface area contributed by atoms with Crippen LogP contribution in [-0.4, -0.2) is 71.7 Å². The molecule has 0 aliphatic rings. The van der Waals surface area contributed by atoms with Crippen LogP contribution >= 0.6 is 0 Å². The highest BCUT2D eigenvalue weighted by molar-refractivity contribution is 5.96. The van der Waals surface area contributed by atoms with E-state index in [1.165, 1.54) is 13.4 Å². The number of aliphatic carboxylic acids is 2. The van der Waals surface area contributed by atoms with Crippen LogP contribution in [0.4, 0.5) is 5.82 Å². The number of nitrogens with zero attached hydrogens (tertiary/aromatic N) is 3. The summed E-state index contributed by atoms with van der Waals surface area (Å²) in [6.07, 6.45) is 4.79. The van der Waals surface area contributed by atoms with Gasteiger partial charge in [-0.15, -0.1) is 10.1 Å². The predicted molar refractivity (Wildman–Crippen MR) is 119 cm³/mol. The number of rotatable bonds is 13. The molecule has 1 aromatic carbocycles. The number of anilines is 1. The number of methoxy groups -OCH3 is 3. The molecule has 0 saturated heterocycles. The molecule has 0 bridgehead atoms. The van der Waals surface area contributed by atoms with Crippen molar-refractivity contribution in [2.24, 2.45) is 0 Å². The van der Waals surface area contributed by atoms with Crippen LogP contribution in [0.1, 0.15) is 19.3 Å². The summed E-state index contributed by atoms with van der Waals surface area (Å²) >= 11 is 0. The van der Waals surface area contributed by atoms with Gasteiger partial charge in [0.1, 0.15) is 17.7 Å². The number of unbranched alkanes of at least 4 members (excludes halogenated alkanes) is 2. The summed E-state index contributed by atoms with van der Waals surface area (Å²) in [5, 5.41) is 28.9. The van der Waals surface area contributed by atoms with Gasteiger partial charge in [-0.25, -0.2) is 19.6 Å². The number of carbonyl (C=O) groups is 2. The van der Waals surface area contributed by atoms with E-state index < -0.39 is 17.0 Å². The number of carboxylic acid groups (broad SMARTS) is 2. The van der Waals surface area contributed by atoms with Crippen molar-refractivity contribution in [2.45, 2.75) is 19.3 Å². The molecule has 0 saturated carbocycles. The Hall–Kier alpha value is -4.36. The third-order valence-corrected chi connectivity index (χ3v) is 4.11. The molecule has 0 fully saturated rings. The Balaban J connectivity index is 0.000000620. The SMILES string of the molecule is COc1cc2c(NCCCCCO[N+](=O)[O-])ncnc2c(OC)c1OC.O=C(O)C=CC(=O)O. The lowest BCUT2D eigenvalue weighted by Gasteiger charge is -2.15. The topological polar surface area (TPSA) is 192 Å². The number of aromatic nitrogens is 2. The molecule has 1 heterocycles. The van der Waals surface area contributed by atoms with Crippen LogP contribution in [0.2, 0.25) is 0 Å². The zero-order valence-electron chi connectivity index (χ0n) is 18.8. The van der Waals surface area contributed by atoms with Crippen molar-refractivity contribution in [3.8, 4) is 17.2 Å². The maximum absolute atomic E-state index is 10.1. The van der Waals surface area contributed by atoms with Gasteiger partial charge >= 0.3 is 11.9 Å². The van der Waals surface area contributed by atoms with Crippen LogP contribution in [0.3, 0.4) is 0 Å². The van der Waals surface area contributed by atoms with Crippen molar-refractivity contribution in [3.63, 3.8) is 0 Å². The highest BCUT2D eigenvalue weighted by atomic mass is 16.9. The molecule has 0 unspecified atom stereocenters. The molecule has 14 nitrogen and oxygen atoms in total. The van der Waals surface area contributed by atoms with Gasteiger partial charge < -0.3 is 34.6 Å². The van der Waals surface area contributed by atoms with Gasteiger partial charge in [-0.1, -0.05) is 0 Å². The second-order valence-corrected chi connectivity index (χ2v) is 6.32. The zero-order valence-corrected chi connectivity index (χ0v) is 18.8.